The van der Waals surface area contributed by atoms with Gasteiger partial charge in [-0.2, -0.15) is 0 Å². The molecule has 0 unspecified atom stereocenters. The van der Waals surface area contributed by atoms with Crippen LogP contribution in [-0.4, -0.2) is 20.9 Å². The fourth-order valence-electron chi connectivity index (χ4n) is 2.94. The molecule has 23 heavy (non-hydrogen) atoms. The third-order valence-electron chi connectivity index (χ3n) is 4.81. The number of hydrogen-bond donors (Lipinski definition) is 1. The zero-order chi connectivity index (χ0) is 16.5. The van der Waals surface area contributed by atoms with E-state index in [0.717, 1.165) is 11.3 Å². The Hall–Kier alpha value is -1.51. The Morgan fingerprint density at radius 2 is 1.61 bits per heavy atom. The van der Waals surface area contributed by atoms with Gasteiger partial charge in [0.25, 0.3) is 0 Å². The number of rotatable bonds is 0. The molecule has 3 nitrogen and oxygen atoms in total. The van der Waals surface area contributed by atoms with Crippen LogP contribution in [-0.2, 0) is 30.9 Å². The quantitative estimate of drug-likeness (QED) is 0.446. The molecule has 4 heteroatoms. The molecule has 0 bridgehead atoms. The Morgan fingerprint density at radius 1 is 1.09 bits per heavy atom. The number of aliphatic carboxylic acids is 1. The first kappa shape index (κ1) is 19.5. The van der Waals surface area contributed by atoms with E-state index in [0.29, 0.717) is 0 Å². The van der Waals surface area contributed by atoms with Crippen LogP contribution in [0.4, 0.5) is 0 Å². The van der Waals surface area contributed by atoms with Crippen molar-refractivity contribution in [3.05, 3.63) is 53.7 Å². The molecule has 0 saturated heterocycles. The summed E-state index contributed by atoms with van der Waals surface area (Å²) in [6, 6.07) is 13.9. The van der Waals surface area contributed by atoms with Crippen molar-refractivity contribution in [1.29, 1.82) is 0 Å². The van der Waals surface area contributed by atoms with Crippen molar-refractivity contribution in [2.24, 2.45) is 0 Å². The summed E-state index contributed by atoms with van der Waals surface area (Å²) in [5.41, 5.74) is 5.08. The van der Waals surface area contributed by atoms with Crippen molar-refractivity contribution in [3.8, 4) is 11.3 Å². The molecule has 0 aliphatic heterocycles. The first-order valence-electron chi connectivity index (χ1n) is 7.38. The van der Waals surface area contributed by atoms with E-state index in [2.05, 4.69) is 56.9 Å². The summed E-state index contributed by atoms with van der Waals surface area (Å²) in [5, 5.41) is 7.53. The maximum absolute atomic E-state index is 7.53. The van der Waals surface area contributed by atoms with Crippen LogP contribution >= 0.6 is 0 Å². The third-order valence-corrected chi connectivity index (χ3v) is 4.81. The summed E-state index contributed by atoms with van der Waals surface area (Å²) in [6.45, 7) is 10.4. The molecular formula is C19H23IrNO2. The number of nitrogens with zero attached hydrogens (tertiary/aromatic N) is 1. The predicted octanol–water partition coefficient (Wildman–Crippen LogP) is 4.18. The van der Waals surface area contributed by atoms with Crippen LogP contribution in [0.3, 0.4) is 0 Å². The average Bonchev–Trinajstić information content (AvgIpc) is 2.45. The molecular weight excluding hydrogens is 466 g/mol. The third kappa shape index (κ3) is 3.38. The summed E-state index contributed by atoms with van der Waals surface area (Å²) < 4.78 is 0. The van der Waals surface area contributed by atoms with Crippen LogP contribution in [0.5, 0.6) is 0 Å². The molecule has 1 radical (unpaired) electrons. The van der Waals surface area contributed by atoms with Crippen molar-refractivity contribution in [3.63, 3.8) is 0 Å². The van der Waals surface area contributed by atoms with Gasteiger partial charge in [0.2, 0.25) is 0 Å². The van der Waals surface area contributed by atoms with Crippen LogP contribution in [0.1, 0.15) is 45.7 Å². The van der Waals surface area contributed by atoms with Gasteiger partial charge in [-0.15, -0.1) is 35.4 Å². The largest absolute Gasteiger partial charge is 0.477 e. The Kier molecular flexibility index (Phi) is 5.89. The first-order chi connectivity index (χ1) is 10.2. The SMILES string of the molecule is CC(O)=[OH+].CC1(C)c2ccc[c-]c2-c2ncccc2C1(C)C.[Ir]. The van der Waals surface area contributed by atoms with E-state index >= 15 is 0 Å². The van der Waals surface area contributed by atoms with E-state index in [1.807, 2.05) is 18.3 Å². The van der Waals surface area contributed by atoms with Crippen LogP contribution in [0.15, 0.2) is 36.5 Å². The second-order valence-corrected chi connectivity index (χ2v) is 6.66. The molecule has 1 aliphatic carbocycles. The molecule has 125 valence electrons. The Labute approximate surface area is 151 Å². The van der Waals surface area contributed by atoms with E-state index < -0.39 is 5.97 Å². The van der Waals surface area contributed by atoms with Crippen molar-refractivity contribution in [2.75, 3.05) is 0 Å². The predicted molar refractivity (Wildman–Crippen MR) is 89.8 cm³/mol. The van der Waals surface area contributed by atoms with Gasteiger partial charge in [0.1, 0.15) is 0 Å². The monoisotopic (exact) mass is 490 g/mol. The molecule has 0 amide bonds. The van der Waals surface area contributed by atoms with E-state index in [9.17, 15) is 0 Å². The normalized spacial score (nSPS) is 15.9. The molecule has 3 rings (SSSR count). The number of hydrogen-bond acceptors (Lipinski definition) is 1. The fourth-order valence-corrected chi connectivity index (χ4v) is 2.94. The van der Waals surface area contributed by atoms with Crippen LogP contribution < -0.4 is 0 Å². The number of aliphatic hydroxyl groups excluding tert-OH is 1. The fraction of sp³-hybridized carbons (Fsp3) is 0.368. The molecule has 0 spiro atoms. The summed E-state index contributed by atoms with van der Waals surface area (Å²) in [5.74, 6) is -0.583. The van der Waals surface area contributed by atoms with Crippen LogP contribution in [0.2, 0.25) is 0 Å². The Bertz CT molecular complexity index is 649. The molecule has 0 saturated carbocycles. The maximum atomic E-state index is 7.53. The molecule has 1 heterocycles. The molecule has 1 aromatic carbocycles. The molecule has 1 aliphatic rings. The number of pyridine rings is 1. The van der Waals surface area contributed by atoms with Gasteiger partial charge in [-0.25, -0.2) is 0 Å². The van der Waals surface area contributed by atoms with Gasteiger partial charge in [0, 0.05) is 26.3 Å². The zero-order valence-corrected chi connectivity index (χ0v) is 16.5. The van der Waals surface area contributed by atoms with Gasteiger partial charge in [-0.3, -0.25) is 0 Å². The van der Waals surface area contributed by atoms with Crippen molar-refractivity contribution >= 4 is 5.97 Å². The minimum atomic E-state index is -0.583. The number of benzene rings is 1. The van der Waals surface area contributed by atoms with Crippen LogP contribution in [0.25, 0.3) is 11.3 Å². The smallest absolute Gasteiger partial charge is 0.339 e. The molecule has 0 fully saturated rings. The zero-order valence-electron chi connectivity index (χ0n) is 14.1. The van der Waals surface area contributed by atoms with E-state index in [1.54, 1.807) is 0 Å². The van der Waals surface area contributed by atoms with Gasteiger partial charge in [0.05, 0.1) is 6.92 Å². The van der Waals surface area contributed by atoms with E-state index in [4.69, 9.17) is 9.90 Å². The van der Waals surface area contributed by atoms with Crippen LogP contribution in [0, 0.1) is 6.07 Å². The summed E-state index contributed by atoms with van der Waals surface area (Å²) in [7, 11) is 0. The standard InChI is InChI=1S/C17H18N.C2H4O2.Ir/c1-16(2)13-9-6-5-8-12(13)15-14(17(16,3)4)10-7-11-18-15;1-2(3)4;/h5-7,9-11H,1-4H3;1H3,(H,3,4);/q-1;;/p+1. The second-order valence-electron chi connectivity index (χ2n) is 6.66. The number of carboxylic acid groups (broad SMARTS) is 1. The van der Waals surface area contributed by atoms with E-state index in [-0.39, 0.29) is 30.9 Å². The summed E-state index contributed by atoms with van der Waals surface area (Å²) in [6.07, 6.45) is 1.87. The topological polar surface area (TPSA) is 54.5 Å². The van der Waals surface area contributed by atoms with Gasteiger partial charge >= 0.3 is 5.97 Å². The molecule has 0 atom stereocenters. The minimum Gasteiger partial charge on any atom is -0.339 e. The second kappa shape index (κ2) is 6.94. The number of aromatic nitrogens is 1. The van der Waals surface area contributed by atoms with Gasteiger partial charge in [0.15, 0.2) is 0 Å². The minimum absolute atomic E-state index is 0. The number of fused-ring (bicyclic) bond motifs is 3. The Morgan fingerprint density at radius 3 is 2.22 bits per heavy atom. The number of carboxylic acids is 1. The first-order valence-corrected chi connectivity index (χ1v) is 7.38. The average molecular weight is 490 g/mol. The molecule has 2 aromatic rings. The molecule has 1 aromatic heterocycles. The van der Waals surface area contributed by atoms with Crippen molar-refractivity contribution in [1.82, 2.24) is 4.98 Å². The maximum Gasteiger partial charge on any atom is 0.477 e. The molecule has 2 N–H and O–H groups in total. The Balaban J connectivity index is 0.000000478. The van der Waals surface area contributed by atoms with E-state index in [1.165, 1.54) is 18.1 Å². The van der Waals surface area contributed by atoms with Crippen molar-refractivity contribution < 1.29 is 30.0 Å². The summed E-state index contributed by atoms with van der Waals surface area (Å²) >= 11 is 0. The van der Waals surface area contributed by atoms with Gasteiger partial charge < -0.3 is 14.9 Å². The summed E-state index contributed by atoms with van der Waals surface area (Å²) in [4.78, 5) is 12.1. The van der Waals surface area contributed by atoms with Crippen molar-refractivity contribution in [2.45, 2.75) is 45.4 Å². The van der Waals surface area contributed by atoms with Gasteiger partial charge in [-0.05, 0) is 22.6 Å². The van der Waals surface area contributed by atoms with Gasteiger partial charge in [-0.1, -0.05) is 39.3 Å².